The minimum Gasteiger partial charge on any atom is -0.490 e. The SMILES string of the molecule is CCCOc1ccc(/C=C2\SC(=NC3CCCC3)NC2=O)cc1OCC. The number of rotatable bonds is 7. The molecule has 0 radical (unpaired) electrons. The van der Waals surface area contributed by atoms with E-state index in [0.29, 0.717) is 29.9 Å². The molecule has 1 aromatic rings. The number of carbonyl (C=O) groups excluding carboxylic acids is 1. The summed E-state index contributed by atoms with van der Waals surface area (Å²) in [5.74, 6) is 1.36. The Bertz CT molecular complexity index is 709. The summed E-state index contributed by atoms with van der Waals surface area (Å²) in [5.41, 5.74) is 0.914. The van der Waals surface area contributed by atoms with Crippen LogP contribution in [-0.4, -0.2) is 30.3 Å². The van der Waals surface area contributed by atoms with Gasteiger partial charge in [-0.2, -0.15) is 0 Å². The van der Waals surface area contributed by atoms with Gasteiger partial charge >= 0.3 is 0 Å². The first-order valence-corrected chi connectivity index (χ1v) is 10.2. The summed E-state index contributed by atoms with van der Waals surface area (Å²) in [7, 11) is 0. The predicted molar refractivity (Wildman–Crippen MR) is 107 cm³/mol. The summed E-state index contributed by atoms with van der Waals surface area (Å²) in [5, 5.41) is 3.60. The largest absolute Gasteiger partial charge is 0.490 e. The number of carbonyl (C=O) groups is 1. The van der Waals surface area contributed by atoms with E-state index in [4.69, 9.17) is 9.47 Å². The Morgan fingerprint density at radius 2 is 2.04 bits per heavy atom. The Hall–Kier alpha value is -1.95. The molecule has 1 aromatic carbocycles. The Balaban J connectivity index is 1.75. The minimum atomic E-state index is -0.0870. The number of amidine groups is 1. The third-order valence-corrected chi connectivity index (χ3v) is 5.23. The van der Waals surface area contributed by atoms with E-state index in [9.17, 15) is 4.79 Å². The average Bonchev–Trinajstić information content (AvgIpc) is 3.25. The van der Waals surface area contributed by atoms with E-state index < -0.39 is 0 Å². The molecule has 1 aliphatic carbocycles. The van der Waals surface area contributed by atoms with E-state index in [0.717, 1.165) is 35.7 Å². The summed E-state index contributed by atoms with van der Waals surface area (Å²) < 4.78 is 11.4. The second-order valence-corrected chi connectivity index (χ2v) is 7.46. The molecule has 2 aliphatic rings. The smallest absolute Gasteiger partial charge is 0.264 e. The third-order valence-electron chi connectivity index (χ3n) is 4.30. The van der Waals surface area contributed by atoms with E-state index in [1.165, 1.54) is 24.6 Å². The van der Waals surface area contributed by atoms with Crippen LogP contribution in [0.15, 0.2) is 28.1 Å². The lowest BCUT2D eigenvalue weighted by atomic mass is 10.2. The van der Waals surface area contributed by atoms with Crippen molar-refractivity contribution in [1.82, 2.24) is 5.32 Å². The molecular weight excluding hydrogens is 348 g/mol. The molecule has 6 heteroatoms. The number of hydrogen-bond donors (Lipinski definition) is 1. The summed E-state index contributed by atoms with van der Waals surface area (Å²) in [4.78, 5) is 17.6. The van der Waals surface area contributed by atoms with Gasteiger partial charge in [-0.05, 0) is 61.7 Å². The number of amides is 1. The van der Waals surface area contributed by atoms with Gasteiger partial charge in [-0.25, -0.2) is 0 Å². The minimum absolute atomic E-state index is 0.0870. The number of nitrogens with one attached hydrogen (secondary N) is 1. The van der Waals surface area contributed by atoms with Crippen molar-refractivity contribution >= 4 is 28.9 Å². The van der Waals surface area contributed by atoms with Crippen LogP contribution in [0.1, 0.15) is 51.5 Å². The molecule has 140 valence electrons. The van der Waals surface area contributed by atoms with Gasteiger partial charge < -0.3 is 14.8 Å². The summed E-state index contributed by atoms with van der Waals surface area (Å²) in [6.07, 6.45) is 7.53. The van der Waals surface area contributed by atoms with Crippen molar-refractivity contribution in [3.05, 3.63) is 28.7 Å². The van der Waals surface area contributed by atoms with E-state index >= 15 is 0 Å². The fourth-order valence-electron chi connectivity index (χ4n) is 3.05. The maximum Gasteiger partial charge on any atom is 0.264 e. The van der Waals surface area contributed by atoms with Crippen LogP contribution in [0.25, 0.3) is 6.08 Å². The van der Waals surface area contributed by atoms with Crippen LogP contribution in [0, 0.1) is 0 Å². The first-order valence-electron chi connectivity index (χ1n) is 9.38. The molecule has 1 heterocycles. The lowest BCUT2D eigenvalue weighted by Crippen LogP contribution is -2.21. The van der Waals surface area contributed by atoms with Gasteiger partial charge in [0.2, 0.25) is 0 Å². The zero-order valence-electron chi connectivity index (χ0n) is 15.4. The molecule has 1 saturated carbocycles. The van der Waals surface area contributed by atoms with E-state index in [1.54, 1.807) is 0 Å². The van der Waals surface area contributed by atoms with Crippen molar-refractivity contribution < 1.29 is 14.3 Å². The normalized spacial score (nSPS) is 20.8. The zero-order valence-corrected chi connectivity index (χ0v) is 16.2. The Labute approximate surface area is 159 Å². The highest BCUT2D eigenvalue weighted by atomic mass is 32.2. The molecule has 1 N–H and O–H groups in total. The molecule has 1 amide bonds. The zero-order chi connectivity index (χ0) is 18.4. The van der Waals surface area contributed by atoms with Crippen LogP contribution < -0.4 is 14.8 Å². The Kier molecular flexibility index (Phi) is 6.61. The maximum atomic E-state index is 12.2. The highest BCUT2D eigenvalue weighted by Crippen LogP contribution is 2.32. The molecule has 0 atom stereocenters. The molecular formula is C20H26N2O3S. The maximum absolute atomic E-state index is 12.2. The number of thioether (sulfide) groups is 1. The number of ether oxygens (including phenoxy) is 2. The fourth-order valence-corrected chi connectivity index (χ4v) is 3.95. The van der Waals surface area contributed by atoms with Gasteiger partial charge in [-0.3, -0.25) is 9.79 Å². The van der Waals surface area contributed by atoms with Crippen molar-refractivity contribution in [1.29, 1.82) is 0 Å². The topological polar surface area (TPSA) is 59.9 Å². The van der Waals surface area contributed by atoms with E-state index in [2.05, 4.69) is 17.2 Å². The number of benzene rings is 1. The van der Waals surface area contributed by atoms with Crippen LogP contribution in [0.5, 0.6) is 11.5 Å². The highest BCUT2D eigenvalue weighted by molar-refractivity contribution is 8.18. The van der Waals surface area contributed by atoms with E-state index in [1.807, 2.05) is 31.2 Å². The number of hydrogen-bond acceptors (Lipinski definition) is 5. The molecule has 0 unspecified atom stereocenters. The van der Waals surface area contributed by atoms with Gasteiger partial charge in [0.1, 0.15) is 0 Å². The van der Waals surface area contributed by atoms with Crippen LogP contribution in [0.2, 0.25) is 0 Å². The molecule has 0 bridgehead atoms. The van der Waals surface area contributed by atoms with E-state index in [-0.39, 0.29) is 5.91 Å². The van der Waals surface area contributed by atoms with Gasteiger partial charge in [0.05, 0.1) is 24.2 Å². The van der Waals surface area contributed by atoms with Crippen molar-refractivity contribution in [2.24, 2.45) is 4.99 Å². The van der Waals surface area contributed by atoms with Gasteiger partial charge in [0, 0.05) is 0 Å². The molecule has 26 heavy (non-hydrogen) atoms. The molecule has 3 rings (SSSR count). The molecule has 5 nitrogen and oxygen atoms in total. The fraction of sp³-hybridized carbons (Fsp3) is 0.500. The average molecular weight is 375 g/mol. The van der Waals surface area contributed by atoms with Crippen LogP contribution in [0.3, 0.4) is 0 Å². The van der Waals surface area contributed by atoms with Gasteiger partial charge in [-0.1, -0.05) is 25.8 Å². The molecule has 0 spiro atoms. The standard InChI is InChI=1S/C20H26N2O3S/c1-3-11-25-16-10-9-14(12-17(16)24-4-2)13-18-19(23)22-20(26-18)21-15-7-5-6-8-15/h9-10,12-13,15H,3-8,11H2,1-2H3,(H,21,22,23)/b18-13-. The lowest BCUT2D eigenvalue weighted by molar-refractivity contribution is -0.115. The second kappa shape index (κ2) is 9.12. The van der Waals surface area contributed by atoms with Crippen LogP contribution >= 0.6 is 11.8 Å². The summed E-state index contributed by atoms with van der Waals surface area (Å²) in [6.45, 7) is 5.23. The predicted octanol–water partition coefficient (Wildman–Crippen LogP) is 4.38. The second-order valence-electron chi connectivity index (χ2n) is 6.42. The van der Waals surface area contributed by atoms with Crippen molar-refractivity contribution in [3.63, 3.8) is 0 Å². The first kappa shape index (κ1) is 18.8. The molecule has 1 aliphatic heterocycles. The van der Waals surface area contributed by atoms with Crippen molar-refractivity contribution in [2.45, 2.75) is 52.0 Å². The summed E-state index contributed by atoms with van der Waals surface area (Å²) in [6, 6.07) is 6.12. The van der Waals surface area contributed by atoms with Crippen molar-refractivity contribution in [3.8, 4) is 11.5 Å². The highest BCUT2D eigenvalue weighted by Gasteiger charge is 2.25. The number of aliphatic imine (C=N–C) groups is 1. The van der Waals surface area contributed by atoms with Crippen molar-refractivity contribution in [2.75, 3.05) is 13.2 Å². The molecule has 2 fully saturated rings. The third kappa shape index (κ3) is 4.81. The summed E-state index contributed by atoms with van der Waals surface area (Å²) >= 11 is 1.42. The molecule has 1 saturated heterocycles. The first-order chi connectivity index (χ1) is 12.7. The van der Waals surface area contributed by atoms with Gasteiger partial charge in [-0.15, -0.1) is 0 Å². The van der Waals surface area contributed by atoms with Crippen LogP contribution in [-0.2, 0) is 4.79 Å². The van der Waals surface area contributed by atoms with Gasteiger partial charge in [0.15, 0.2) is 16.7 Å². The van der Waals surface area contributed by atoms with Crippen LogP contribution in [0.4, 0.5) is 0 Å². The number of nitrogens with zero attached hydrogens (tertiary/aromatic N) is 1. The Morgan fingerprint density at radius 1 is 1.23 bits per heavy atom. The molecule has 0 aromatic heterocycles. The lowest BCUT2D eigenvalue weighted by Gasteiger charge is -2.12. The Morgan fingerprint density at radius 3 is 2.77 bits per heavy atom. The monoisotopic (exact) mass is 374 g/mol. The van der Waals surface area contributed by atoms with Gasteiger partial charge in [0.25, 0.3) is 5.91 Å². The quantitative estimate of drug-likeness (QED) is 0.720.